The van der Waals surface area contributed by atoms with E-state index in [1.807, 2.05) is 12.1 Å². The van der Waals surface area contributed by atoms with E-state index < -0.39 is 34.0 Å². The van der Waals surface area contributed by atoms with Gasteiger partial charge in [-0.1, -0.05) is 29.8 Å². The Labute approximate surface area is 180 Å². The number of fused-ring (bicyclic) bond motifs is 1. The Morgan fingerprint density at radius 2 is 1.86 bits per heavy atom. The first-order valence-corrected chi connectivity index (χ1v) is 10.6. The van der Waals surface area contributed by atoms with E-state index in [-0.39, 0.29) is 29.7 Å². The minimum atomic E-state index is -3.46. The first kappa shape index (κ1) is 25.1. The number of carbonyl (C=O) groups is 2. The number of benzene rings is 1. The van der Waals surface area contributed by atoms with Gasteiger partial charge < -0.3 is 10.1 Å². The fraction of sp³-hybridized carbons (Fsp3) is 0.389. The van der Waals surface area contributed by atoms with Crippen molar-refractivity contribution in [3.8, 4) is 0 Å². The van der Waals surface area contributed by atoms with Gasteiger partial charge >= 0.3 is 5.97 Å². The van der Waals surface area contributed by atoms with Crippen molar-refractivity contribution in [3.63, 3.8) is 0 Å². The zero-order valence-electron chi connectivity index (χ0n) is 16.4. The molecule has 2 N–H and O–H groups in total. The number of carbonyl (C=O) groups excluding carboxylic acids is 2. The summed E-state index contributed by atoms with van der Waals surface area (Å²) < 4.78 is 30.7. The second-order valence-electron chi connectivity index (χ2n) is 7.04. The second-order valence-corrected chi connectivity index (χ2v) is 9.14. The van der Waals surface area contributed by atoms with E-state index >= 15 is 0 Å². The molecule has 8 nitrogen and oxygen atoms in total. The number of ether oxygens (including phenoxy) is 1. The zero-order valence-corrected chi connectivity index (χ0v) is 18.8. The van der Waals surface area contributed by atoms with E-state index in [0.29, 0.717) is 11.1 Å². The molecule has 2 aromatic rings. The van der Waals surface area contributed by atoms with Crippen LogP contribution in [-0.4, -0.2) is 43.7 Å². The molecule has 1 amide bonds. The predicted octanol–water partition coefficient (Wildman–Crippen LogP) is 2.68. The fourth-order valence-electron chi connectivity index (χ4n) is 2.88. The highest BCUT2D eigenvalue weighted by Crippen LogP contribution is 2.33. The lowest BCUT2D eigenvalue weighted by Crippen LogP contribution is -2.44. The number of para-hydroxylation sites is 1. The van der Waals surface area contributed by atoms with Crippen molar-refractivity contribution < 1.29 is 22.7 Å². The maximum atomic E-state index is 12.2. The third-order valence-corrected chi connectivity index (χ3v) is 4.90. The van der Waals surface area contributed by atoms with Crippen molar-refractivity contribution in [1.82, 2.24) is 9.71 Å². The first-order chi connectivity index (χ1) is 12.9. The summed E-state index contributed by atoms with van der Waals surface area (Å²) in [6.45, 7) is 4.18. The van der Waals surface area contributed by atoms with Crippen molar-refractivity contribution in [2.24, 2.45) is 0 Å². The van der Waals surface area contributed by atoms with Crippen molar-refractivity contribution in [2.45, 2.75) is 32.7 Å². The Morgan fingerprint density at radius 3 is 2.45 bits per heavy atom. The summed E-state index contributed by atoms with van der Waals surface area (Å²) in [5, 5.41) is 3.40. The quantitative estimate of drug-likeness (QED) is 0.481. The van der Waals surface area contributed by atoms with Crippen molar-refractivity contribution in [2.75, 3.05) is 18.2 Å². The molecule has 2 rings (SSSR count). The van der Waals surface area contributed by atoms with Crippen LogP contribution in [0.1, 0.15) is 26.3 Å². The Balaban J connectivity index is 0.00000420. The monoisotopic (exact) mass is 463 g/mol. The maximum absolute atomic E-state index is 12.2. The van der Waals surface area contributed by atoms with Crippen molar-refractivity contribution in [1.29, 1.82) is 0 Å². The molecule has 1 aromatic carbocycles. The average molecular weight is 464 g/mol. The number of esters is 1. The normalized spacial score (nSPS) is 11.6. The number of pyridine rings is 1. The molecule has 0 bridgehead atoms. The van der Waals surface area contributed by atoms with Gasteiger partial charge in [0.05, 0.1) is 17.5 Å². The molecule has 0 radical (unpaired) electrons. The molecule has 1 aromatic heterocycles. The standard InChI is InChI=1S/C18H22ClN3O5S.ClH/c1-11(23)27-10-15(24)21-16-13(9-18(2,3)22-28(4,25)26)12-7-5-6-8-14(12)20-17(16)19;/h5-8,22H,9-10H2,1-4H3,(H,21,24);1H. The summed E-state index contributed by atoms with van der Waals surface area (Å²) in [6, 6.07) is 7.19. The van der Waals surface area contributed by atoms with E-state index in [1.54, 1.807) is 26.0 Å². The summed E-state index contributed by atoms with van der Waals surface area (Å²) in [7, 11) is -3.46. The van der Waals surface area contributed by atoms with Crippen LogP contribution in [-0.2, 0) is 30.8 Å². The van der Waals surface area contributed by atoms with Crippen LogP contribution in [0.4, 0.5) is 5.69 Å². The van der Waals surface area contributed by atoms with Gasteiger partial charge in [-0.3, -0.25) is 9.59 Å². The molecule has 1 heterocycles. The number of nitrogens with zero attached hydrogens (tertiary/aromatic N) is 1. The summed E-state index contributed by atoms with van der Waals surface area (Å²) in [4.78, 5) is 27.4. The summed E-state index contributed by atoms with van der Waals surface area (Å²) in [6.07, 6.45) is 1.31. The maximum Gasteiger partial charge on any atom is 0.303 e. The minimum Gasteiger partial charge on any atom is -0.456 e. The van der Waals surface area contributed by atoms with Crippen LogP contribution in [0.5, 0.6) is 0 Å². The lowest BCUT2D eigenvalue weighted by atomic mass is 9.92. The molecule has 11 heteroatoms. The summed E-state index contributed by atoms with van der Waals surface area (Å²) in [5.74, 6) is -1.17. The van der Waals surface area contributed by atoms with E-state index in [9.17, 15) is 18.0 Å². The second kappa shape index (κ2) is 9.71. The third-order valence-electron chi connectivity index (χ3n) is 3.71. The van der Waals surface area contributed by atoms with E-state index in [2.05, 4.69) is 15.0 Å². The number of aromatic nitrogens is 1. The highest BCUT2D eigenvalue weighted by atomic mass is 35.5. The Morgan fingerprint density at radius 1 is 1.24 bits per heavy atom. The molecule has 0 aliphatic rings. The fourth-order valence-corrected chi connectivity index (χ4v) is 4.21. The molecule has 0 unspecified atom stereocenters. The molecule has 0 aliphatic carbocycles. The minimum absolute atomic E-state index is 0. The van der Waals surface area contributed by atoms with Crippen LogP contribution in [0.3, 0.4) is 0 Å². The first-order valence-electron chi connectivity index (χ1n) is 8.37. The van der Waals surface area contributed by atoms with E-state index in [0.717, 1.165) is 11.6 Å². The topological polar surface area (TPSA) is 114 Å². The lowest BCUT2D eigenvalue weighted by molar-refractivity contribution is -0.144. The molecule has 0 fully saturated rings. The number of halogens is 2. The lowest BCUT2D eigenvalue weighted by Gasteiger charge is -2.27. The van der Waals surface area contributed by atoms with Gasteiger partial charge in [0.1, 0.15) is 0 Å². The highest BCUT2D eigenvalue weighted by Gasteiger charge is 2.27. The average Bonchev–Trinajstić information content (AvgIpc) is 2.53. The molecule has 0 spiro atoms. The van der Waals surface area contributed by atoms with Gasteiger partial charge in [-0.05, 0) is 31.9 Å². The van der Waals surface area contributed by atoms with Gasteiger partial charge in [-0.15, -0.1) is 12.4 Å². The number of sulfonamides is 1. The van der Waals surface area contributed by atoms with Gasteiger partial charge in [0.25, 0.3) is 5.91 Å². The van der Waals surface area contributed by atoms with Gasteiger partial charge in [0.2, 0.25) is 10.0 Å². The molecule has 0 aliphatic heterocycles. The van der Waals surface area contributed by atoms with Crippen LogP contribution < -0.4 is 10.0 Å². The molecular formula is C18H23Cl2N3O5S. The summed E-state index contributed by atoms with van der Waals surface area (Å²) in [5.41, 5.74) is 0.612. The van der Waals surface area contributed by atoms with Gasteiger partial charge in [0.15, 0.2) is 11.8 Å². The van der Waals surface area contributed by atoms with Crippen LogP contribution >= 0.6 is 24.0 Å². The SMILES string of the molecule is CC(=O)OCC(=O)Nc1c(Cl)nc2ccccc2c1CC(C)(C)NS(C)(=O)=O.Cl. The van der Waals surface area contributed by atoms with Crippen LogP contribution in [0.2, 0.25) is 5.15 Å². The summed E-state index contributed by atoms with van der Waals surface area (Å²) >= 11 is 6.30. The number of anilines is 1. The Kier molecular flexibility index (Phi) is 8.40. The molecule has 29 heavy (non-hydrogen) atoms. The number of nitrogens with one attached hydrogen (secondary N) is 2. The van der Waals surface area contributed by atoms with Crippen LogP contribution in [0.15, 0.2) is 24.3 Å². The number of rotatable bonds is 7. The smallest absolute Gasteiger partial charge is 0.303 e. The zero-order chi connectivity index (χ0) is 21.1. The molecule has 0 saturated heterocycles. The highest BCUT2D eigenvalue weighted by molar-refractivity contribution is 7.88. The predicted molar refractivity (Wildman–Crippen MR) is 115 cm³/mol. The number of amides is 1. The van der Waals surface area contributed by atoms with Crippen molar-refractivity contribution >= 4 is 62.5 Å². The van der Waals surface area contributed by atoms with Gasteiger partial charge in [-0.25, -0.2) is 18.1 Å². The van der Waals surface area contributed by atoms with Crippen LogP contribution in [0, 0.1) is 0 Å². The Bertz CT molecular complexity index is 1030. The largest absolute Gasteiger partial charge is 0.456 e. The van der Waals surface area contributed by atoms with Gasteiger partial charge in [0, 0.05) is 17.8 Å². The number of hydrogen-bond donors (Lipinski definition) is 2. The third kappa shape index (κ3) is 7.43. The van der Waals surface area contributed by atoms with E-state index in [1.165, 1.54) is 6.92 Å². The van der Waals surface area contributed by atoms with E-state index in [4.69, 9.17) is 16.3 Å². The molecule has 0 saturated carbocycles. The van der Waals surface area contributed by atoms with Gasteiger partial charge in [-0.2, -0.15) is 0 Å². The number of hydrogen-bond acceptors (Lipinski definition) is 6. The van der Waals surface area contributed by atoms with Crippen molar-refractivity contribution in [3.05, 3.63) is 35.0 Å². The molecule has 160 valence electrons. The molecular weight excluding hydrogens is 441 g/mol. The Hall–Kier alpha value is -1.94. The molecule has 0 atom stereocenters. The van der Waals surface area contributed by atoms with Crippen LogP contribution in [0.25, 0.3) is 10.9 Å².